The standard InChI is InChI=1S/C19H19N5O2S/c1-26-14-8-6-13(7-9-14)12-22-18(25)23-17-10-11-21-19(24-17)27-16-5-3-2-4-15(16)20/h2-11H,12,20H2,1H3,(H2,21,22,23,24,25). The number of aromatic nitrogens is 2. The molecule has 0 atom stereocenters. The maximum absolute atomic E-state index is 12.1. The van der Waals surface area contributed by atoms with E-state index in [0.717, 1.165) is 16.2 Å². The number of ether oxygens (including phenoxy) is 1. The van der Waals surface area contributed by atoms with Gasteiger partial charge in [0, 0.05) is 23.3 Å². The predicted octanol–water partition coefficient (Wildman–Crippen LogP) is 3.54. The largest absolute Gasteiger partial charge is 0.497 e. The van der Waals surface area contributed by atoms with Crippen molar-refractivity contribution in [3.05, 3.63) is 66.4 Å². The highest BCUT2D eigenvalue weighted by molar-refractivity contribution is 7.99. The van der Waals surface area contributed by atoms with Gasteiger partial charge in [-0.1, -0.05) is 24.3 Å². The molecule has 0 radical (unpaired) electrons. The molecule has 3 rings (SSSR count). The third-order valence-electron chi connectivity index (χ3n) is 3.61. The molecule has 2 aromatic carbocycles. The number of carbonyl (C=O) groups excluding carboxylic acids is 1. The maximum atomic E-state index is 12.1. The molecular formula is C19H19N5O2S. The summed E-state index contributed by atoms with van der Waals surface area (Å²) in [4.78, 5) is 21.5. The van der Waals surface area contributed by atoms with E-state index >= 15 is 0 Å². The summed E-state index contributed by atoms with van der Waals surface area (Å²) in [5.74, 6) is 1.18. The average Bonchev–Trinajstić information content (AvgIpc) is 2.69. The Kier molecular flexibility index (Phi) is 6.11. The monoisotopic (exact) mass is 381 g/mol. The fourth-order valence-corrected chi connectivity index (χ4v) is 3.00. The topological polar surface area (TPSA) is 102 Å². The molecule has 27 heavy (non-hydrogen) atoms. The Balaban J connectivity index is 1.56. The van der Waals surface area contributed by atoms with E-state index in [1.54, 1.807) is 19.4 Å². The van der Waals surface area contributed by atoms with Crippen LogP contribution in [0.4, 0.5) is 16.3 Å². The Hall–Kier alpha value is -3.26. The van der Waals surface area contributed by atoms with Gasteiger partial charge in [-0.25, -0.2) is 14.8 Å². The third-order valence-corrected chi connectivity index (χ3v) is 4.58. The highest BCUT2D eigenvalue weighted by Gasteiger charge is 2.07. The minimum absolute atomic E-state index is 0.348. The first-order valence-electron chi connectivity index (χ1n) is 8.17. The lowest BCUT2D eigenvalue weighted by Gasteiger charge is -2.09. The molecule has 0 spiro atoms. The number of hydrogen-bond acceptors (Lipinski definition) is 6. The van der Waals surface area contributed by atoms with Crippen LogP contribution in [-0.2, 0) is 6.54 Å². The fourth-order valence-electron chi connectivity index (χ4n) is 2.22. The number of rotatable bonds is 6. The van der Waals surface area contributed by atoms with Crippen LogP contribution in [0.5, 0.6) is 5.75 Å². The lowest BCUT2D eigenvalue weighted by molar-refractivity contribution is 0.251. The van der Waals surface area contributed by atoms with Crippen molar-refractivity contribution < 1.29 is 9.53 Å². The van der Waals surface area contributed by atoms with E-state index < -0.39 is 0 Å². The van der Waals surface area contributed by atoms with Gasteiger partial charge in [0.25, 0.3) is 0 Å². The van der Waals surface area contributed by atoms with Crippen LogP contribution in [0.1, 0.15) is 5.56 Å². The van der Waals surface area contributed by atoms with Gasteiger partial charge in [0.15, 0.2) is 5.16 Å². The molecule has 138 valence electrons. The lowest BCUT2D eigenvalue weighted by Crippen LogP contribution is -2.28. The minimum Gasteiger partial charge on any atom is -0.497 e. The summed E-state index contributed by atoms with van der Waals surface area (Å²) in [6.07, 6.45) is 1.59. The number of benzene rings is 2. The second-order valence-corrected chi connectivity index (χ2v) is 6.53. The third kappa shape index (κ3) is 5.35. The number of nitrogens with one attached hydrogen (secondary N) is 2. The molecule has 1 aromatic heterocycles. The van der Waals surface area contributed by atoms with Crippen molar-refractivity contribution in [3.8, 4) is 5.75 Å². The van der Waals surface area contributed by atoms with E-state index in [0.29, 0.717) is 23.2 Å². The number of nitrogens with zero attached hydrogens (tertiary/aromatic N) is 2. The van der Waals surface area contributed by atoms with Gasteiger partial charge in [0.2, 0.25) is 0 Å². The minimum atomic E-state index is -0.348. The second kappa shape index (κ2) is 8.91. The Morgan fingerprint density at radius 3 is 2.67 bits per heavy atom. The van der Waals surface area contributed by atoms with Gasteiger partial charge in [-0.2, -0.15) is 0 Å². The van der Waals surface area contributed by atoms with E-state index in [2.05, 4.69) is 20.6 Å². The number of carbonyl (C=O) groups is 1. The number of para-hydroxylation sites is 1. The van der Waals surface area contributed by atoms with Gasteiger partial charge in [-0.15, -0.1) is 0 Å². The molecule has 0 aliphatic rings. The van der Waals surface area contributed by atoms with E-state index in [-0.39, 0.29) is 6.03 Å². The zero-order valence-corrected chi connectivity index (χ0v) is 15.5. The van der Waals surface area contributed by atoms with Crippen LogP contribution in [0.2, 0.25) is 0 Å². The summed E-state index contributed by atoms with van der Waals surface area (Å²) in [7, 11) is 1.61. The summed E-state index contributed by atoms with van der Waals surface area (Å²) >= 11 is 1.34. The van der Waals surface area contributed by atoms with E-state index in [1.807, 2.05) is 48.5 Å². The maximum Gasteiger partial charge on any atom is 0.320 e. The summed E-state index contributed by atoms with van der Waals surface area (Å²) in [6.45, 7) is 0.392. The molecule has 4 N–H and O–H groups in total. The Bertz CT molecular complexity index is 918. The van der Waals surface area contributed by atoms with E-state index in [1.165, 1.54) is 11.8 Å². The second-order valence-electron chi connectivity index (χ2n) is 5.52. The van der Waals surface area contributed by atoms with Gasteiger partial charge in [0.05, 0.1) is 7.11 Å². The molecule has 0 aliphatic carbocycles. The zero-order chi connectivity index (χ0) is 19.1. The van der Waals surface area contributed by atoms with Crippen molar-refractivity contribution in [2.75, 3.05) is 18.2 Å². The summed E-state index contributed by atoms with van der Waals surface area (Å²) < 4.78 is 5.11. The fraction of sp³-hybridized carbons (Fsp3) is 0.105. The highest BCUT2D eigenvalue weighted by Crippen LogP contribution is 2.29. The van der Waals surface area contributed by atoms with Crippen molar-refractivity contribution in [1.82, 2.24) is 15.3 Å². The molecule has 8 heteroatoms. The molecule has 0 saturated carbocycles. The van der Waals surface area contributed by atoms with Crippen molar-refractivity contribution in [2.24, 2.45) is 0 Å². The Morgan fingerprint density at radius 1 is 1.15 bits per heavy atom. The number of methoxy groups -OCH3 is 1. The van der Waals surface area contributed by atoms with Crippen LogP contribution in [0.25, 0.3) is 0 Å². The molecule has 0 aliphatic heterocycles. The summed E-state index contributed by atoms with van der Waals surface area (Å²) in [5, 5.41) is 5.99. The number of anilines is 2. The van der Waals surface area contributed by atoms with Crippen LogP contribution in [0, 0.1) is 0 Å². The molecule has 0 bridgehead atoms. The zero-order valence-electron chi connectivity index (χ0n) is 14.7. The van der Waals surface area contributed by atoms with Crippen molar-refractivity contribution in [1.29, 1.82) is 0 Å². The Labute approximate surface area is 161 Å². The van der Waals surface area contributed by atoms with Crippen molar-refractivity contribution in [2.45, 2.75) is 16.6 Å². The van der Waals surface area contributed by atoms with Crippen LogP contribution in [0.15, 0.2) is 70.8 Å². The summed E-state index contributed by atoms with van der Waals surface area (Å²) in [5.41, 5.74) is 7.55. The van der Waals surface area contributed by atoms with Gasteiger partial charge in [-0.3, -0.25) is 5.32 Å². The summed E-state index contributed by atoms with van der Waals surface area (Å²) in [6, 6.07) is 16.2. The first kappa shape index (κ1) is 18.5. The number of nitrogen functional groups attached to an aromatic ring is 1. The molecule has 0 unspecified atom stereocenters. The average molecular weight is 381 g/mol. The van der Waals surface area contributed by atoms with E-state index in [4.69, 9.17) is 10.5 Å². The molecule has 3 aromatic rings. The number of hydrogen-bond donors (Lipinski definition) is 3. The van der Waals surface area contributed by atoms with Gasteiger partial charge in [0.1, 0.15) is 11.6 Å². The van der Waals surface area contributed by atoms with Crippen molar-refractivity contribution in [3.63, 3.8) is 0 Å². The first-order valence-corrected chi connectivity index (χ1v) is 8.99. The molecule has 2 amide bonds. The van der Waals surface area contributed by atoms with Crippen LogP contribution < -0.4 is 21.1 Å². The quantitative estimate of drug-likeness (QED) is 0.446. The Morgan fingerprint density at radius 2 is 1.93 bits per heavy atom. The van der Waals surface area contributed by atoms with Gasteiger partial charge in [-0.05, 0) is 47.7 Å². The number of nitrogens with two attached hydrogens (primary N) is 1. The van der Waals surface area contributed by atoms with E-state index in [9.17, 15) is 4.79 Å². The molecule has 7 nitrogen and oxygen atoms in total. The smallest absolute Gasteiger partial charge is 0.320 e. The van der Waals surface area contributed by atoms with Gasteiger partial charge < -0.3 is 15.8 Å². The lowest BCUT2D eigenvalue weighted by atomic mass is 10.2. The van der Waals surface area contributed by atoms with Crippen LogP contribution in [0.3, 0.4) is 0 Å². The van der Waals surface area contributed by atoms with Crippen molar-refractivity contribution >= 4 is 29.3 Å². The molecular weight excluding hydrogens is 362 g/mol. The van der Waals surface area contributed by atoms with Crippen LogP contribution >= 0.6 is 11.8 Å². The highest BCUT2D eigenvalue weighted by atomic mass is 32.2. The first-order chi connectivity index (χ1) is 13.1. The predicted molar refractivity (Wildman–Crippen MR) is 106 cm³/mol. The molecule has 1 heterocycles. The number of urea groups is 1. The SMILES string of the molecule is COc1ccc(CNC(=O)Nc2ccnc(Sc3ccccc3N)n2)cc1. The normalized spacial score (nSPS) is 10.3. The van der Waals surface area contributed by atoms with Crippen LogP contribution in [-0.4, -0.2) is 23.1 Å². The molecule has 0 saturated heterocycles. The molecule has 0 fully saturated rings. The van der Waals surface area contributed by atoms with Gasteiger partial charge >= 0.3 is 6.03 Å². The number of amides is 2.